The van der Waals surface area contributed by atoms with Gasteiger partial charge in [0.05, 0.1) is 18.7 Å². The summed E-state index contributed by atoms with van der Waals surface area (Å²) in [7, 11) is 0. The summed E-state index contributed by atoms with van der Waals surface area (Å²) in [5.41, 5.74) is 3.27. The van der Waals surface area contributed by atoms with Crippen LogP contribution in [0, 0.1) is 0 Å². The number of amides is 1. The van der Waals surface area contributed by atoms with E-state index in [1.165, 1.54) is 0 Å². The number of aromatic nitrogens is 3. The Hall–Kier alpha value is -3.94. The number of ether oxygens (including phenoxy) is 1. The first-order valence-electron chi connectivity index (χ1n) is 11.1. The molecule has 0 aliphatic carbocycles. The number of benzene rings is 2. The Morgan fingerprint density at radius 3 is 2.61 bits per heavy atom. The van der Waals surface area contributed by atoms with Crippen LogP contribution >= 0.6 is 0 Å². The average molecular weight is 444 g/mol. The molecule has 0 spiro atoms. The molecule has 33 heavy (non-hydrogen) atoms. The zero-order valence-corrected chi connectivity index (χ0v) is 18.5. The molecule has 0 N–H and O–H groups in total. The van der Waals surface area contributed by atoms with E-state index in [-0.39, 0.29) is 12.3 Å². The lowest BCUT2D eigenvalue weighted by Crippen LogP contribution is -2.49. The van der Waals surface area contributed by atoms with E-state index < -0.39 is 0 Å². The van der Waals surface area contributed by atoms with E-state index in [0.717, 1.165) is 28.2 Å². The Kier molecular flexibility index (Phi) is 5.89. The predicted molar refractivity (Wildman–Crippen MR) is 125 cm³/mol. The molecule has 3 heterocycles. The van der Waals surface area contributed by atoms with Crippen LogP contribution in [0.5, 0.6) is 5.75 Å². The van der Waals surface area contributed by atoms with E-state index in [1.807, 2.05) is 66.4 Å². The van der Waals surface area contributed by atoms with Gasteiger partial charge in [-0.25, -0.2) is 9.97 Å². The van der Waals surface area contributed by atoms with Crippen LogP contribution in [0.1, 0.15) is 12.6 Å². The van der Waals surface area contributed by atoms with Crippen molar-refractivity contribution in [1.82, 2.24) is 20.0 Å². The molecular formula is C25H25N5O3. The summed E-state index contributed by atoms with van der Waals surface area (Å²) in [4.78, 5) is 25.8. The van der Waals surface area contributed by atoms with Gasteiger partial charge >= 0.3 is 0 Å². The van der Waals surface area contributed by atoms with Crippen LogP contribution in [0.25, 0.3) is 22.2 Å². The number of anilines is 1. The molecule has 5 rings (SSSR count). The number of rotatable bonds is 6. The molecular weight excluding hydrogens is 418 g/mol. The summed E-state index contributed by atoms with van der Waals surface area (Å²) in [5.74, 6) is 1.77. The monoisotopic (exact) mass is 443 g/mol. The molecule has 2 aromatic heterocycles. The lowest BCUT2D eigenvalue weighted by atomic mass is 10.1. The summed E-state index contributed by atoms with van der Waals surface area (Å²) in [5, 5.41) is 4.98. The molecule has 0 radical (unpaired) electrons. The average Bonchev–Trinajstić information content (AvgIpc) is 3.28. The fraction of sp³-hybridized carbons (Fsp3) is 0.280. The van der Waals surface area contributed by atoms with Crippen molar-refractivity contribution in [3.8, 4) is 17.0 Å². The number of carbonyl (C=O) groups excluding carboxylic acids is 1. The van der Waals surface area contributed by atoms with Gasteiger partial charge in [-0.2, -0.15) is 0 Å². The largest absolute Gasteiger partial charge is 0.494 e. The highest BCUT2D eigenvalue weighted by molar-refractivity contribution is 5.86. The number of nitrogens with zero attached hydrogens (tertiary/aromatic N) is 5. The first-order valence-corrected chi connectivity index (χ1v) is 11.1. The molecule has 0 bridgehead atoms. The maximum absolute atomic E-state index is 12.9. The maximum Gasteiger partial charge on any atom is 0.228 e. The van der Waals surface area contributed by atoms with E-state index >= 15 is 0 Å². The normalized spacial score (nSPS) is 14.0. The fourth-order valence-corrected chi connectivity index (χ4v) is 4.07. The van der Waals surface area contributed by atoms with E-state index in [4.69, 9.17) is 9.26 Å². The predicted octanol–water partition coefficient (Wildman–Crippen LogP) is 3.57. The van der Waals surface area contributed by atoms with E-state index in [9.17, 15) is 4.79 Å². The molecule has 4 aromatic rings. The molecule has 1 amide bonds. The summed E-state index contributed by atoms with van der Waals surface area (Å²) in [6.45, 7) is 5.30. The zero-order chi connectivity index (χ0) is 22.6. The Bertz CT molecular complexity index is 1250. The van der Waals surface area contributed by atoms with Crippen LogP contribution in [0.2, 0.25) is 0 Å². The second kappa shape index (κ2) is 9.28. The zero-order valence-electron chi connectivity index (χ0n) is 18.5. The SMILES string of the molecule is CCOc1ccc(-c2cc(N3CCN(C(=O)Cc4noc5ccccc45)CC3)ncn2)cc1. The number of para-hydroxylation sites is 1. The molecule has 8 nitrogen and oxygen atoms in total. The minimum absolute atomic E-state index is 0.0615. The van der Waals surface area contributed by atoms with Crippen LogP contribution in [0.4, 0.5) is 5.82 Å². The van der Waals surface area contributed by atoms with E-state index in [1.54, 1.807) is 6.33 Å². The van der Waals surface area contributed by atoms with Gasteiger partial charge in [0.1, 0.15) is 23.6 Å². The van der Waals surface area contributed by atoms with Crippen molar-refractivity contribution in [2.24, 2.45) is 0 Å². The van der Waals surface area contributed by atoms with Crippen molar-refractivity contribution in [2.45, 2.75) is 13.3 Å². The highest BCUT2D eigenvalue weighted by Gasteiger charge is 2.24. The van der Waals surface area contributed by atoms with Gasteiger partial charge in [-0.3, -0.25) is 4.79 Å². The van der Waals surface area contributed by atoms with Gasteiger partial charge in [-0.05, 0) is 43.3 Å². The maximum atomic E-state index is 12.9. The van der Waals surface area contributed by atoms with Crippen LogP contribution < -0.4 is 9.64 Å². The number of hydrogen-bond donors (Lipinski definition) is 0. The molecule has 0 saturated carbocycles. The van der Waals surface area contributed by atoms with E-state index in [2.05, 4.69) is 20.0 Å². The Morgan fingerprint density at radius 2 is 1.82 bits per heavy atom. The third kappa shape index (κ3) is 4.50. The first kappa shape index (κ1) is 20.9. The van der Waals surface area contributed by atoms with Gasteiger partial charge in [-0.15, -0.1) is 0 Å². The minimum Gasteiger partial charge on any atom is -0.494 e. The highest BCUT2D eigenvalue weighted by atomic mass is 16.5. The summed E-state index contributed by atoms with van der Waals surface area (Å²) in [6, 6.07) is 17.5. The Morgan fingerprint density at radius 1 is 1.03 bits per heavy atom. The van der Waals surface area contributed by atoms with Crippen molar-refractivity contribution in [3.05, 3.63) is 66.6 Å². The quantitative estimate of drug-likeness (QED) is 0.450. The third-order valence-corrected chi connectivity index (χ3v) is 5.84. The van der Waals surface area contributed by atoms with E-state index in [0.29, 0.717) is 44.1 Å². The van der Waals surface area contributed by atoms with Gasteiger partial charge < -0.3 is 19.1 Å². The molecule has 2 aromatic carbocycles. The molecule has 8 heteroatoms. The Balaban J connectivity index is 1.22. The summed E-state index contributed by atoms with van der Waals surface area (Å²) in [6.07, 6.45) is 1.83. The van der Waals surface area contributed by atoms with Crippen LogP contribution in [0.3, 0.4) is 0 Å². The molecule has 1 saturated heterocycles. The number of fused-ring (bicyclic) bond motifs is 1. The molecule has 1 fully saturated rings. The molecule has 0 atom stereocenters. The second-order valence-corrected chi connectivity index (χ2v) is 7.89. The number of hydrogen-bond acceptors (Lipinski definition) is 7. The summed E-state index contributed by atoms with van der Waals surface area (Å²) < 4.78 is 10.8. The molecule has 1 aliphatic rings. The smallest absolute Gasteiger partial charge is 0.228 e. The van der Waals surface area contributed by atoms with Crippen molar-refractivity contribution in [2.75, 3.05) is 37.7 Å². The molecule has 0 unspecified atom stereocenters. The highest BCUT2D eigenvalue weighted by Crippen LogP contribution is 2.24. The van der Waals surface area contributed by atoms with Crippen LogP contribution in [-0.4, -0.2) is 58.7 Å². The van der Waals surface area contributed by atoms with Crippen molar-refractivity contribution >= 4 is 22.7 Å². The number of carbonyl (C=O) groups is 1. The van der Waals surface area contributed by atoms with Gasteiger partial charge in [0.15, 0.2) is 5.58 Å². The molecule has 168 valence electrons. The van der Waals surface area contributed by atoms with Crippen LogP contribution in [0.15, 0.2) is 65.4 Å². The van der Waals surface area contributed by atoms with Crippen LogP contribution in [-0.2, 0) is 11.2 Å². The topological polar surface area (TPSA) is 84.6 Å². The van der Waals surface area contributed by atoms with Crippen molar-refractivity contribution < 1.29 is 14.1 Å². The second-order valence-electron chi connectivity index (χ2n) is 7.89. The fourth-order valence-electron chi connectivity index (χ4n) is 4.07. The standard InChI is InChI=1S/C25H25N5O3/c1-2-32-19-9-7-18(8-10-19)21-15-24(27-17-26-21)29-11-13-30(14-12-29)25(31)16-22-20-5-3-4-6-23(20)33-28-22/h3-10,15,17H,2,11-14,16H2,1H3. The molecule has 1 aliphatic heterocycles. The lowest BCUT2D eigenvalue weighted by molar-refractivity contribution is -0.130. The van der Waals surface area contributed by atoms with Gasteiger partial charge in [0.2, 0.25) is 5.91 Å². The van der Waals surface area contributed by atoms with Gasteiger partial charge in [0.25, 0.3) is 0 Å². The van der Waals surface area contributed by atoms with Crippen molar-refractivity contribution in [1.29, 1.82) is 0 Å². The van der Waals surface area contributed by atoms with Gasteiger partial charge in [-0.1, -0.05) is 17.3 Å². The number of piperazine rings is 1. The Labute approximate surface area is 191 Å². The lowest BCUT2D eigenvalue weighted by Gasteiger charge is -2.35. The van der Waals surface area contributed by atoms with Crippen molar-refractivity contribution in [3.63, 3.8) is 0 Å². The van der Waals surface area contributed by atoms with Gasteiger partial charge in [0, 0.05) is 43.2 Å². The minimum atomic E-state index is 0.0615. The first-order chi connectivity index (χ1) is 16.2. The third-order valence-electron chi connectivity index (χ3n) is 5.84. The summed E-state index contributed by atoms with van der Waals surface area (Å²) >= 11 is 0.